The van der Waals surface area contributed by atoms with Gasteiger partial charge < -0.3 is 5.32 Å². The molecule has 1 aromatic heterocycles. The molecule has 0 radical (unpaired) electrons. The number of rotatable bonds is 6. The maximum Gasteiger partial charge on any atom is 0.389 e. The maximum absolute atomic E-state index is 12.0. The topological polar surface area (TPSA) is 29.9 Å². The minimum atomic E-state index is -4.05. The van der Waals surface area contributed by atoms with Gasteiger partial charge in [0.25, 0.3) is 0 Å². The summed E-state index contributed by atoms with van der Waals surface area (Å²) in [7, 11) is 1.89. The van der Waals surface area contributed by atoms with E-state index in [0.29, 0.717) is 13.0 Å². The quantitative estimate of drug-likeness (QED) is 0.865. The maximum atomic E-state index is 12.0. The zero-order valence-corrected chi connectivity index (χ0v) is 11.9. The predicted molar refractivity (Wildman–Crippen MR) is 68.9 cm³/mol. The van der Waals surface area contributed by atoms with Crippen molar-refractivity contribution >= 4 is 0 Å². The molecule has 110 valence electrons. The van der Waals surface area contributed by atoms with Gasteiger partial charge in [-0.25, -0.2) is 0 Å². The highest BCUT2D eigenvalue weighted by Crippen LogP contribution is 2.22. The van der Waals surface area contributed by atoms with E-state index >= 15 is 0 Å². The van der Waals surface area contributed by atoms with Crippen LogP contribution in [0.15, 0.2) is 0 Å². The fraction of sp³-hybridized carbons (Fsp3) is 0.769. The van der Waals surface area contributed by atoms with E-state index in [0.717, 1.165) is 17.0 Å². The monoisotopic (exact) mass is 277 g/mol. The molecule has 1 aromatic rings. The first-order valence-corrected chi connectivity index (χ1v) is 6.50. The molecule has 1 atom stereocenters. The largest absolute Gasteiger partial charge is 0.389 e. The second-order valence-corrected chi connectivity index (χ2v) is 5.06. The molecule has 0 aromatic carbocycles. The molecule has 0 spiro atoms. The molecule has 0 amide bonds. The molecule has 1 N–H and O–H groups in total. The molecule has 0 aliphatic carbocycles. The fourth-order valence-corrected chi connectivity index (χ4v) is 2.06. The molecule has 1 rings (SSSR count). The van der Waals surface area contributed by atoms with Gasteiger partial charge in [-0.05, 0) is 33.6 Å². The molecule has 19 heavy (non-hydrogen) atoms. The van der Waals surface area contributed by atoms with Crippen LogP contribution in [-0.2, 0) is 13.6 Å². The zero-order chi connectivity index (χ0) is 14.6. The van der Waals surface area contributed by atoms with Crippen molar-refractivity contribution in [2.45, 2.75) is 58.8 Å². The Labute approximate surface area is 112 Å². The molecule has 1 unspecified atom stereocenters. The molecular weight excluding hydrogens is 255 g/mol. The van der Waals surface area contributed by atoms with Crippen molar-refractivity contribution in [1.29, 1.82) is 0 Å². The summed E-state index contributed by atoms with van der Waals surface area (Å²) in [5.41, 5.74) is 3.19. The Morgan fingerprint density at radius 2 is 1.95 bits per heavy atom. The average molecular weight is 277 g/mol. The summed E-state index contributed by atoms with van der Waals surface area (Å²) in [6, 6.07) is 0.0707. The molecule has 1 heterocycles. The third-order valence-corrected chi connectivity index (χ3v) is 3.38. The van der Waals surface area contributed by atoms with Gasteiger partial charge in [0.15, 0.2) is 0 Å². The fourth-order valence-electron chi connectivity index (χ4n) is 2.06. The van der Waals surface area contributed by atoms with Crippen molar-refractivity contribution in [2.75, 3.05) is 0 Å². The zero-order valence-electron chi connectivity index (χ0n) is 11.9. The molecule has 6 heteroatoms. The third kappa shape index (κ3) is 5.22. The number of halogens is 3. The van der Waals surface area contributed by atoms with E-state index in [1.54, 1.807) is 0 Å². The SMILES string of the molecule is Cc1nn(C)c(C)c1CNC(C)CCCC(F)(F)F. The molecular formula is C13H22F3N3. The van der Waals surface area contributed by atoms with Crippen molar-refractivity contribution < 1.29 is 13.2 Å². The van der Waals surface area contributed by atoms with E-state index in [1.807, 2.05) is 32.5 Å². The summed E-state index contributed by atoms with van der Waals surface area (Å²) in [4.78, 5) is 0. The Kier molecular flexibility index (Phi) is 5.40. The molecule has 0 bridgehead atoms. The van der Waals surface area contributed by atoms with Gasteiger partial charge in [0.05, 0.1) is 5.69 Å². The van der Waals surface area contributed by atoms with Crippen LogP contribution in [-0.4, -0.2) is 22.0 Å². The lowest BCUT2D eigenvalue weighted by molar-refractivity contribution is -0.135. The molecule has 0 saturated heterocycles. The van der Waals surface area contributed by atoms with Gasteiger partial charge in [-0.2, -0.15) is 18.3 Å². The minimum Gasteiger partial charge on any atom is -0.310 e. The second-order valence-electron chi connectivity index (χ2n) is 5.06. The number of hydrogen-bond acceptors (Lipinski definition) is 2. The standard InChI is InChI=1S/C13H22F3N3/c1-9(6-5-7-13(14,15)16)17-8-12-10(2)18-19(4)11(12)3/h9,17H,5-8H2,1-4H3. The molecule has 3 nitrogen and oxygen atoms in total. The van der Waals surface area contributed by atoms with Gasteiger partial charge >= 0.3 is 6.18 Å². The van der Waals surface area contributed by atoms with Crippen molar-refractivity contribution in [3.63, 3.8) is 0 Å². The first-order chi connectivity index (χ1) is 8.70. The van der Waals surface area contributed by atoms with Gasteiger partial charge in [-0.1, -0.05) is 0 Å². The summed E-state index contributed by atoms with van der Waals surface area (Å²) in [6.07, 6.45) is -4.05. The minimum absolute atomic E-state index is 0.0707. The Bertz CT molecular complexity index is 410. The number of nitrogens with one attached hydrogen (secondary N) is 1. The number of aryl methyl sites for hydroxylation is 2. The summed E-state index contributed by atoms with van der Waals surface area (Å²) >= 11 is 0. The number of hydrogen-bond donors (Lipinski definition) is 1. The van der Waals surface area contributed by atoms with Crippen molar-refractivity contribution in [2.24, 2.45) is 7.05 Å². The highest BCUT2D eigenvalue weighted by Gasteiger charge is 2.26. The van der Waals surface area contributed by atoms with Gasteiger partial charge in [0, 0.05) is 37.3 Å². The van der Waals surface area contributed by atoms with E-state index in [-0.39, 0.29) is 12.5 Å². The Morgan fingerprint density at radius 3 is 2.42 bits per heavy atom. The Hall–Kier alpha value is -1.04. The van der Waals surface area contributed by atoms with Crippen molar-refractivity contribution in [1.82, 2.24) is 15.1 Å². The van der Waals surface area contributed by atoms with Crippen LogP contribution in [0.3, 0.4) is 0 Å². The van der Waals surface area contributed by atoms with E-state index in [2.05, 4.69) is 10.4 Å². The summed E-state index contributed by atoms with van der Waals surface area (Å²) in [6.45, 7) is 6.50. The van der Waals surface area contributed by atoms with Crippen LogP contribution < -0.4 is 5.32 Å². The smallest absolute Gasteiger partial charge is 0.310 e. The summed E-state index contributed by atoms with van der Waals surface area (Å²) in [5.74, 6) is 0. The van der Waals surface area contributed by atoms with E-state index < -0.39 is 12.6 Å². The van der Waals surface area contributed by atoms with Gasteiger partial charge in [-0.15, -0.1) is 0 Å². The molecule has 0 aliphatic rings. The van der Waals surface area contributed by atoms with Gasteiger partial charge in [0.2, 0.25) is 0 Å². The Balaban J connectivity index is 2.36. The number of aromatic nitrogens is 2. The highest BCUT2D eigenvalue weighted by atomic mass is 19.4. The predicted octanol–water partition coefficient (Wildman–Crippen LogP) is 3.25. The molecule has 0 fully saturated rings. The summed E-state index contributed by atoms with van der Waals surface area (Å²) < 4.78 is 37.9. The first-order valence-electron chi connectivity index (χ1n) is 6.50. The first kappa shape index (κ1) is 16.0. The van der Waals surface area contributed by atoms with Crippen LogP contribution in [0.4, 0.5) is 13.2 Å². The third-order valence-electron chi connectivity index (χ3n) is 3.38. The van der Waals surface area contributed by atoms with Gasteiger partial charge in [-0.3, -0.25) is 4.68 Å². The van der Waals surface area contributed by atoms with Crippen LogP contribution in [0, 0.1) is 13.8 Å². The van der Waals surface area contributed by atoms with Crippen molar-refractivity contribution in [3.8, 4) is 0 Å². The van der Waals surface area contributed by atoms with E-state index in [1.165, 1.54) is 0 Å². The average Bonchev–Trinajstić information content (AvgIpc) is 2.49. The lowest BCUT2D eigenvalue weighted by Crippen LogP contribution is -2.26. The lowest BCUT2D eigenvalue weighted by atomic mass is 10.1. The number of nitrogens with zero attached hydrogens (tertiary/aromatic N) is 2. The van der Waals surface area contributed by atoms with Crippen LogP contribution in [0.2, 0.25) is 0 Å². The van der Waals surface area contributed by atoms with Crippen LogP contribution in [0.1, 0.15) is 43.1 Å². The molecule has 0 saturated carbocycles. The van der Waals surface area contributed by atoms with Crippen LogP contribution in [0.5, 0.6) is 0 Å². The van der Waals surface area contributed by atoms with Crippen LogP contribution >= 0.6 is 0 Å². The van der Waals surface area contributed by atoms with E-state index in [4.69, 9.17) is 0 Å². The second kappa shape index (κ2) is 6.41. The number of alkyl halides is 3. The summed E-state index contributed by atoms with van der Waals surface area (Å²) in [5, 5.41) is 7.57. The normalized spacial score (nSPS) is 13.8. The van der Waals surface area contributed by atoms with Crippen LogP contribution in [0.25, 0.3) is 0 Å². The van der Waals surface area contributed by atoms with Crippen molar-refractivity contribution in [3.05, 3.63) is 17.0 Å². The van der Waals surface area contributed by atoms with Gasteiger partial charge in [0.1, 0.15) is 0 Å². The highest BCUT2D eigenvalue weighted by molar-refractivity contribution is 5.24. The lowest BCUT2D eigenvalue weighted by Gasteiger charge is -2.14. The van der Waals surface area contributed by atoms with E-state index in [9.17, 15) is 13.2 Å². The Morgan fingerprint density at radius 1 is 1.32 bits per heavy atom. The molecule has 0 aliphatic heterocycles.